The summed E-state index contributed by atoms with van der Waals surface area (Å²) in [5.74, 6) is -2.36. The average Bonchev–Trinajstić information content (AvgIpc) is 2.54. The summed E-state index contributed by atoms with van der Waals surface area (Å²) in [7, 11) is 0. The van der Waals surface area contributed by atoms with Crippen LogP contribution in [-0.2, 0) is 6.18 Å². The van der Waals surface area contributed by atoms with Gasteiger partial charge in [0, 0.05) is 11.4 Å². The Morgan fingerprint density at radius 3 is 2.38 bits per heavy atom. The molecule has 1 aromatic rings. The first-order valence-electron chi connectivity index (χ1n) is 6.23. The van der Waals surface area contributed by atoms with Gasteiger partial charge in [0.1, 0.15) is 5.92 Å². The van der Waals surface area contributed by atoms with Crippen molar-refractivity contribution in [2.45, 2.75) is 25.8 Å². The van der Waals surface area contributed by atoms with Crippen LogP contribution in [0.2, 0.25) is 0 Å². The van der Waals surface area contributed by atoms with Gasteiger partial charge in [-0.2, -0.15) is 18.4 Å². The van der Waals surface area contributed by atoms with E-state index in [1.165, 1.54) is 17.0 Å². The number of anilines is 1. The average molecular weight is 296 g/mol. The van der Waals surface area contributed by atoms with Crippen LogP contribution in [0.1, 0.15) is 19.4 Å². The number of hydrogen-bond donors (Lipinski definition) is 2. The lowest BCUT2D eigenvalue weighted by Crippen LogP contribution is -2.64. The number of halogens is 3. The minimum atomic E-state index is -4.46. The Hall–Kier alpha value is -2.04. The second kappa shape index (κ2) is 4.76. The maximum Gasteiger partial charge on any atom is 0.416 e. The van der Waals surface area contributed by atoms with Crippen LogP contribution in [0.4, 0.5) is 18.9 Å². The Kier molecular flexibility index (Phi) is 3.48. The summed E-state index contributed by atoms with van der Waals surface area (Å²) in [5.41, 5.74) is 12.7. The molecule has 21 heavy (non-hydrogen) atoms. The second-order valence-corrected chi connectivity index (χ2v) is 5.10. The fraction of sp³-hybridized carbons (Fsp3) is 0.357. The third-order valence-corrected chi connectivity index (χ3v) is 3.75. The minimum absolute atomic E-state index is 0.212. The molecule has 0 saturated heterocycles. The van der Waals surface area contributed by atoms with E-state index in [-0.39, 0.29) is 5.69 Å². The van der Waals surface area contributed by atoms with Crippen molar-refractivity contribution in [2.75, 3.05) is 4.90 Å². The molecular weight excluding hydrogens is 281 g/mol. The van der Waals surface area contributed by atoms with Crippen molar-refractivity contribution in [1.29, 1.82) is 5.26 Å². The monoisotopic (exact) mass is 296 g/mol. The third-order valence-electron chi connectivity index (χ3n) is 3.75. The SMILES string of the molecule is CC1=C(C)N(c2cccc(C(F)(F)F)c2)C(N)(N)C1C#N. The van der Waals surface area contributed by atoms with Gasteiger partial charge in [-0.05, 0) is 37.6 Å². The van der Waals surface area contributed by atoms with Gasteiger partial charge in [-0.25, -0.2) is 0 Å². The van der Waals surface area contributed by atoms with Gasteiger partial charge in [-0.1, -0.05) is 6.07 Å². The summed E-state index contributed by atoms with van der Waals surface area (Å²) in [6.45, 7) is 3.38. The lowest BCUT2D eigenvalue weighted by atomic mass is 9.98. The number of rotatable bonds is 1. The zero-order chi connectivity index (χ0) is 16.0. The molecule has 0 radical (unpaired) electrons. The molecule has 1 atom stereocenters. The van der Waals surface area contributed by atoms with Crippen molar-refractivity contribution in [3.8, 4) is 6.07 Å². The third kappa shape index (κ3) is 2.37. The van der Waals surface area contributed by atoms with E-state index in [1.54, 1.807) is 13.8 Å². The quantitative estimate of drug-likeness (QED) is 0.780. The Bertz CT molecular complexity index is 640. The highest BCUT2D eigenvalue weighted by atomic mass is 19.4. The first-order chi connectivity index (χ1) is 9.60. The van der Waals surface area contributed by atoms with Crippen LogP contribution in [0.25, 0.3) is 0 Å². The molecule has 4 nitrogen and oxygen atoms in total. The molecule has 1 unspecified atom stereocenters. The molecule has 0 aliphatic carbocycles. The number of benzene rings is 1. The lowest BCUT2D eigenvalue weighted by Gasteiger charge is -2.36. The summed E-state index contributed by atoms with van der Waals surface area (Å²) in [4.78, 5) is 1.38. The molecule has 1 aromatic carbocycles. The summed E-state index contributed by atoms with van der Waals surface area (Å²) in [6.07, 6.45) is -4.46. The Balaban J connectivity index is 2.55. The van der Waals surface area contributed by atoms with Crippen molar-refractivity contribution < 1.29 is 13.2 Å². The normalized spacial score (nSPS) is 21.6. The molecule has 0 bridgehead atoms. The van der Waals surface area contributed by atoms with Crippen LogP contribution in [-0.4, -0.2) is 5.79 Å². The van der Waals surface area contributed by atoms with Crippen LogP contribution in [0.15, 0.2) is 35.5 Å². The molecule has 4 N–H and O–H groups in total. The van der Waals surface area contributed by atoms with Gasteiger partial charge in [-0.15, -0.1) is 0 Å². The predicted octanol–water partition coefficient (Wildman–Crippen LogP) is 2.53. The molecular formula is C14H15F3N4. The topological polar surface area (TPSA) is 79.1 Å². The van der Waals surface area contributed by atoms with E-state index in [4.69, 9.17) is 11.5 Å². The van der Waals surface area contributed by atoms with E-state index in [0.29, 0.717) is 11.3 Å². The highest BCUT2D eigenvalue weighted by molar-refractivity contribution is 5.61. The van der Waals surface area contributed by atoms with Crippen LogP contribution in [0.5, 0.6) is 0 Å². The van der Waals surface area contributed by atoms with E-state index in [1.807, 2.05) is 6.07 Å². The maximum atomic E-state index is 12.8. The Labute approximate surface area is 120 Å². The highest BCUT2D eigenvalue weighted by Gasteiger charge is 2.46. The zero-order valence-corrected chi connectivity index (χ0v) is 11.6. The molecule has 2 rings (SSSR count). The first-order valence-corrected chi connectivity index (χ1v) is 6.23. The molecule has 1 heterocycles. The summed E-state index contributed by atoms with van der Waals surface area (Å²) in [5, 5.41) is 9.19. The maximum absolute atomic E-state index is 12.8. The first kappa shape index (κ1) is 15.4. The van der Waals surface area contributed by atoms with Gasteiger partial charge in [0.05, 0.1) is 11.6 Å². The van der Waals surface area contributed by atoms with Gasteiger partial charge in [0.15, 0.2) is 5.79 Å². The van der Waals surface area contributed by atoms with Gasteiger partial charge in [0.25, 0.3) is 0 Å². The number of nitrogens with zero attached hydrogens (tertiary/aromatic N) is 2. The van der Waals surface area contributed by atoms with Crippen molar-refractivity contribution in [2.24, 2.45) is 17.4 Å². The zero-order valence-electron chi connectivity index (χ0n) is 11.6. The van der Waals surface area contributed by atoms with E-state index in [0.717, 1.165) is 12.1 Å². The Morgan fingerprint density at radius 2 is 1.90 bits per heavy atom. The molecule has 0 aromatic heterocycles. The standard InChI is InChI=1S/C14H15F3N4/c1-8-9(2)21(14(19,20)12(8)7-18)11-5-3-4-10(6-11)13(15,16)17/h3-6,12H,19-20H2,1-2H3. The number of alkyl halides is 3. The molecule has 7 heteroatoms. The van der Waals surface area contributed by atoms with Crippen molar-refractivity contribution in [3.63, 3.8) is 0 Å². The van der Waals surface area contributed by atoms with Crippen molar-refractivity contribution >= 4 is 5.69 Å². The smallest absolute Gasteiger partial charge is 0.313 e. The largest absolute Gasteiger partial charge is 0.416 e. The molecule has 0 saturated carbocycles. The van der Waals surface area contributed by atoms with Crippen LogP contribution in [0.3, 0.4) is 0 Å². The van der Waals surface area contributed by atoms with E-state index >= 15 is 0 Å². The Morgan fingerprint density at radius 1 is 1.29 bits per heavy atom. The summed E-state index contributed by atoms with van der Waals surface area (Å²) >= 11 is 0. The molecule has 112 valence electrons. The van der Waals surface area contributed by atoms with Crippen LogP contribution < -0.4 is 16.4 Å². The number of hydrogen-bond acceptors (Lipinski definition) is 4. The fourth-order valence-electron chi connectivity index (χ4n) is 2.59. The van der Waals surface area contributed by atoms with Gasteiger partial charge in [-0.3, -0.25) is 11.5 Å². The number of nitrogens with two attached hydrogens (primary N) is 2. The number of allylic oxidation sites excluding steroid dienone is 1. The fourth-order valence-corrected chi connectivity index (χ4v) is 2.59. The molecule has 0 fully saturated rings. The molecule has 0 spiro atoms. The highest BCUT2D eigenvalue weighted by Crippen LogP contribution is 2.40. The van der Waals surface area contributed by atoms with Gasteiger partial charge in [0.2, 0.25) is 0 Å². The van der Waals surface area contributed by atoms with Crippen molar-refractivity contribution in [3.05, 3.63) is 41.1 Å². The van der Waals surface area contributed by atoms with E-state index < -0.39 is 23.4 Å². The van der Waals surface area contributed by atoms with Crippen LogP contribution in [0, 0.1) is 17.2 Å². The molecule has 1 aliphatic heterocycles. The lowest BCUT2D eigenvalue weighted by molar-refractivity contribution is -0.137. The number of nitriles is 1. The molecule has 1 aliphatic rings. The molecule has 0 amide bonds. The van der Waals surface area contributed by atoms with Crippen LogP contribution >= 0.6 is 0 Å². The predicted molar refractivity (Wildman–Crippen MR) is 72.5 cm³/mol. The van der Waals surface area contributed by atoms with E-state index in [9.17, 15) is 18.4 Å². The van der Waals surface area contributed by atoms with Gasteiger partial charge < -0.3 is 4.90 Å². The minimum Gasteiger partial charge on any atom is -0.313 e. The van der Waals surface area contributed by atoms with E-state index in [2.05, 4.69) is 0 Å². The summed E-state index contributed by atoms with van der Waals surface area (Å²) in [6, 6.07) is 6.73. The summed E-state index contributed by atoms with van der Waals surface area (Å²) < 4.78 is 38.5. The van der Waals surface area contributed by atoms with Crippen molar-refractivity contribution in [1.82, 2.24) is 0 Å². The van der Waals surface area contributed by atoms with Gasteiger partial charge >= 0.3 is 6.18 Å². The second-order valence-electron chi connectivity index (χ2n) is 5.10.